The Kier molecular flexibility index (Phi) is 5.83. The molecule has 0 amide bonds. The Hall–Kier alpha value is -3.08. The van der Waals surface area contributed by atoms with Crippen molar-refractivity contribution in [2.45, 2.75) is 33.1 Å². The largest absolute Gasteiger partial charge is 0.496 e. The average molecular weight is 379 g/mol. The maximum absolute atomic E-state index is 12.9. The number of ether oxygens (including phenoxy) is 2. The van der Waals surface area contributed by atoms with Gasteiger partial charge in [0.05, 0.1) is 30.5 Å². The summed E-state index contributed by atoms with van der Waals surface area (Å²) in [6.45, 7) is 6.29. The molecule has 0 aliphatic rings. The minimum absolute atomic E-state index is 0.253. The van der Waals surface area contributed by atoms with Crippen LogP contribution in [0.1, 0.15) is 59.5 Å². The van der Waals surface area contributed by atoms with Crippen molar-refractivity contribution in [3.8, 4) is 16.9 Å². The van der Waals surface area contributed by atoms with Crippen molar-refractivity contribution in [3.05, 3.63) is 59.4 Å². The molecule has 1 atom stereocenters. The van der Waals surface area contributed by atoms with E-state index in [1.807, 2.05) is 36.4 Å². The number of benzene rings is 1. The highest BCUT2D eigenvalue weighted by Crippen LogP contribution is 2.40. The molecular weight excluding hydrogens is 354 g/mol. The van der Waals surface area contributed by atoms with E-state index in [2.05, 4.69) is 13.8 Å². The molecule has 0 spiro atoms. The number of methoxy groups -OCH3 is 1. The SMILES string of the molecule is CCOC(=O)c1c(-c2cc(C(C)CC)ccc2OC)c(C=O)n2ccccc12. The predicted molar refractivity (Wildman–Crippen MR) is 109 cm³/mol. The van der Waals surface area contributed by atoms with Crippen molar-refractivity contribution in [2.75, 3.05) is 13.7 Å². The fraction of sp³-hybridized carbons (Fsp3) is 0.304. The van der Waals surface area contributed by atoms with E-state index in [1.165, 1.54) is 0 Å². The number of aromatic nitrogens is 1. The number of hydrogen-bond donors (Lipinski definition) is 0. The van der Waals surface area contributed by atoms with Crippen LogP contribution in [-0.4, -0.2) is 30.4 Å². The van der Waals surface area contributed by atoms with Gasteiger partial charge in [0.25, 0.3) is 0 Å². The summed E-state index contributed by atoms with van der Waals surface area (Å²) >= 11 is 0. The molecule has 0 radical (unpaired) electrons. The number of pyridine rings is 1. The smallest absolute Gasteiger partial charge is 0.340 e. The van der Waals surface area contributed by atoms with Crippen molar-refractivity contribution in [1.29, 1.82) is 0 Å². The molecule has 2 aromatic heterocycles. The second-order valence-corrected chi connectivity index (χ2v) is 6.70. The minimum atomic E-state index is -0.453. The topological polar surface area (TPSA) is 57.0 Å². The molecule has 0 aliphatic heterocycles. The number of aldehydes is 1. The Morgan fingerprint density at radius 3 is 2.64 bits per heavy atom. The monoisotopic (exact) mass is 379 g/mol. The first-order chi connectivity index (χ1) is 13.6. The first kappa shape index (κ1) is 19.7. The van der Waals surface area contributed by atoms with Gasteiger partial charge in [-0.1, -0.05) is 26.0 Å². The molecule has 0 saturated heterocycles. The molecule has 0 saturated carbocycles. The summed E-state index contributed by atoms with van der Waals surface area (Å²) in [6.07, 6.45) is 3.53. The lowest BCUT2D eigenvalue weighted by molar-refractivity contribution is 0.0529. The third-order valence-electron chi connectivity index (χ3n) is 5.15. The molecule has 3 aromatic rings. The molecular formula is C23H25NO4. The first-order valence-electron chi connectivity index (χ1n) is 9.50. The maximum Gasteiger partial charge on any atom is 0.340 e. The van der Waals surface area contributed by atoms with Crippen molar-refractivity contribution in [3.63, 3.8) is 0 Å². The summed E-state index contributed by atoms with van der Waals surface area (Å²) in [4.78, 5) is 24.9. The standard InChI is InChI=1S/C23H25NO4/c1-5-15(3)16-10-11-20(27-4)17(13-16)21-19(14-25)24-12-8-7-9-18(24)22(21)23(26)28-6-2/h7-15H,5-6H2,1-4H3. The van der Waals surface area contributed by atoms with Gasteiger partial charge in [0.15, 0.2) is 6.29 Å². The van der Waals surface area contributed by atoms with Gasteiger partial charge in [0, 0.05) is 17.3 Å². The van der Waals surface area contributed by atoms with Gasteiger partial charge in [-0.15, -0.1) is 0 Å². The fourth-order valence-corrected chi connectivity index (χ4v) is 3.49. The number of esters is 1. The molecule has 2 heterocycles. The predicted octanol–water partition coefficient (Wildman–Crippen LogP) is 5.12. The Labute approximate surface area is 164 Å². The van der Waals surface area contributed by atoms with Crippen LogP contribution in [0.4, 0.5) is 0 Å². The van der Waals surface area contributed by atoms with Gasteiger partial charge in [0.1, 0.15) is 5.75 Å². The Morgan fingerprint density at radius 2 is 2.00 bits per heavy atom. The summed E-state index contributed by atoms with van der Waals surface area (Å²) in [5.41, 5.74) is 3.80. The molecule has 1 aromatic carbocycles. The van der Waals surface area contributed by atoms with Gasteiger partial charge in [-0.3, -0.25) is 4.79 Å². The number of carbonyl (C=O) groups excluding carboxylic acids is 2. The number of fused-ring (bicyclic) bond motifs is 1. The van der Waals surface area contributed by atoms with E-state index in [0.717, 1.165) is 18.3 Å². The molecule has 28 heavy (non-hydrogen) atoms. The van der Waals surface area contributed by atoms with E-state index in [9.17, 15) is 9.59 Å². The zero-order valence-electron chi connectivity index (χ0n) is 16.7. The van der Waals surface area contributed by atoms with Crippen LogP contribution >= 0.6 is 0 Å². The minimum Gasteiger partial charge on any atom is -0.496 e. The van der Waals surface area contributed by atoms with Gasteiger partial charge < -0.3 is 13.9 Å². The normalized spacial score (nSPS) is 12.0. The van der Waals surface area contributed by atoms with Gasteiger partial charge in [-0.25, -0.2) is 4.79 Å². The van der Waals surface area contributed by atoms with Crippen LogP contribution < -0.4 is 4.74 Å². The third kappa shape index (κ3) is 3.28. The Morgan fingerprint density at radius 1 is 1.21 bits per heavy atom. The molecule has 0 bridgehead atoms. The van der Waals surface area contributed by atoms with Crippen LogP contribution in [0, 0.1) is 0 Å². The van der Waals surface area contributed by atoms with E-state index in [-0.39, 0.29) is 6.61 Å². The van der Waals surface area contributed by atoms with Crippen LogP contribution in [0.15, 0.2) is 42.6 Å². The molecule has 3 rings (SSSR count). The molecule has 0 N–H and O–H groups in total. The lowest BCUT2D eigenvalue weighted by Crippen LogP contribution is -2.06. The number of nitrogens with zero attached hydrogens (tertiary/aromatic N) is 1. The second-order valence-electron chi connectivity index (χ2n) is 6.70. The maximum atomic E-state index is 12.9. The van der Waals surface area contributed by atoms with Crippen LogP contribution in [0.25, 0.3) is 16.6 Å². The van der Waals surface area contributed by atoms with Crippen molar-refractivity contribution >= 4 is 17.8 Å². The third-order valence-corrected chi connectivity index (χ3v) is 5.15. The van der Waals surface area contributed by atoms with Crippen LogP contribution in [0.2, 0.25) is 0 Å². The summed E-state index contributed by atoms with van der Waals surface area (Å²) in [7, 11) is 1.59. The molecule has 0 fully saturated rings. The average Bonchev–Trinajstić information content (AvgIpc) is 3.07. The molecule has 1 unspecified atom stereocenters. The van der Waals surface area contributed by atoms with Gasteiger partial charge in [-0.05, 0) is 49.1 Å². The molecule has 5 heteroatoms. The van der Waals surface area contributed by atoms with Crippen molar-refractivity contribution in [2.24, 2.45) is 0 Å². The Balaban J connectivity index is 2.41. The first-order valence-corrected chi connectivity index (χ1v) is 9.50. The number of carbonyl (C=O) groups is 2. The highest BCUT2D eigenvalue weighted by molar-refractivity contribution is 6.09. The van der Waals surface area contributed by atoms with Crippen molar-refractivity contribution in [1.82, 2.24) is 4.40 Å². The van der Waals surface area contributed by atoms with E-state index in [1.54, 1.807) is 24.6 Å². The molecule has 0 aliphatic carbocycles. The van der Waals surface area contributed by atoms with Crippen LogP contribution in [0.3, 0.4) is 0 Å². The highest BCUT2D eigenvalue weighted by atomic mass is 16.5. The quantitative estimate of drug-likeness (QED) is 0.422. The zero-order chi connectivity index (χ0) is 20.3. The van der Waals surface area contributed by atoms with Gasteiger partial charge >= 0.3 is 5.97 Å². The van der Waals surface area contributed by atoms with Crippen LogP contribution in [0.5, 0.6) is 5.75 Å². The van der Waals surface area contributed by atoms with E-state index >= 15 is 0 Å². The van der Waals surface area contributed by atoms with Gasteiger partial charge in [-0.2, -0.15) is 0 Å². The zero-order valence-corrected chi connectivity index (χ0v) is 16.7. The lowest BCUT2D eigenvalue weighted by Gasteiger charge is -2.15. The molecule has 146 valence electrons. The summed E-state index contributed by atoms with van der Waals surface area (Å²) < 4.78 is 12.6. The van der Waals surface area contributed by atoms with Gasteiger partial charge in [0.2, 0.25) is 0 Å². The Bertz CT molecular complexity index is 1020. The van der Waals surface area contributed by atoms with E-state index in [0.29, 0.717) is 39.6 Å². The summed E-state index contributed by atoms with van der Waals surface area (Å²) in [5.74, 6) is 0.495. The summed E-state index contributed by atoms with van der Waals surface area (Å²) in [6, 6.07) is 11.4. The number of rotatable bonds is 7. The van der Waals surface area contributed by atoms with E-state index in [4.69, 9.17) is 9.47 Å². The fourth-order valence-electron chi connectivity index (χ4n) is 3.49. The second kappa shape index (κ2) is 8.30. The highest BCUT2D eigenvalue weighted by Gasteiger charge is 2.27. The molecule has 5 nitrogen and oxygen atoms in total. The van der Waals surface area contributed by atoms with Crippen molar-refractivity contribution < 1.29 is 19.1 Å². The lowest BCUT2D eigenvalue weighted by atomic mass is 9.92. The van der Waals surface area contributed by atoms with E-state index < -0.39 is 5.97 Å². The summed E-state index contributed by atoms with van der Waals surface area (Å²) in [5, 5.41) is 0. The van der Waals surface area contributed by atoms with Crippen LogP contribution in [-0.2, 0) is 4.74 Å². The number of hydrogen-bond acceptors (Lipinski definition) is 4.